The van der Waals surface area contributed by atoms with E-state index in [0.717, 1.165) is 11.4 Å². The van der Waals surface area contributed by atoms with Crippen LogP contribution >= 0.6 is 12.2 Å². The number of thiocarbonyl (C=S) groups is 1. The molecule has 0 aliphatic carbocycles. The predicted octanol–water partition coefficient (Wildman–Crippen LogP) is 4.39. The molecule has 1 N–H and O–H groups in total. The van der Waals surface area contributed by atoms with Gasteiger partial charge in [-0.1, -0.05) is 18.2 Å². The SMILES string of the molecule is CC(C)N1C(=S)N[C@@H](c2ccccn2)[C@H]1c1cccn1-c1ccccc1F. The standard InChI is InChI=1S/C21H21FN4S/c1-14(2)26-20(19(24-21(26)27)16-9-5-6-12-23-16)18-11-7-13-25(18)17-10-4-3-8-15(17)22/h3-14,19-20H,1-2H3,(H,24,27)/t19-,20+/m0/s1. The molecular weight excluding hydrogens is 359 g/mol. The summed E-state index contributed by atoms with van der Waals surface area (Å²) in [6, 6.07) is 16.6. The maximum Gasteiger partial charge on any atom is 0.170 e. The fourth-order valence-corrected chi connectivity index (χ4v) is 4.19. The Labute approximate surface area is 163 Å². The van der Waals surface area contributed by atoms with Gasteiger partial charge in [-0.25, -0.2) is 4.39 Å². The molecule has 0 amide bonds. The largest absolute Gasteiger partial charge is 0.352 e. The molecule has 27 heavy (non-hydrogen) atoms. The lowest BCUT2D eigenvalue weighted by atomic mass is 10.0. The first-order valence-corrected chi connectivity index (χ1v) is 9.40. The van der Waals surface area contributed by atoms with Gasteiger partial charge in [0.05, 0.1) is 23.5 Å². The van der Waals surface area contributed by atoms with Crippen LogP contribution in [0, 0.1) is 5.82 Å². The van der Waals surface area contributed by atoms with Crippen LogP contribution in [0.3, 0.4) is 0 Å². The van der Waals surface area contributed by atoms with E-state index in [1.54, 1.807) is 18.3 Å². The van der Waals surface area contributed by atoms with Crippen LogP contribution in [0.15, 0.2) is 67.0 Å². The highest BCUT2D eigenvalue weighted by Gasteiger charge is 2.42. The van der Waals surface area contributed by atoms with Crippen LogP contribution in [0.1, 0.15) is 37.3 Å². The zero-order chi connectivity index (χ0) is 19.0. The topological polar surface area (TPSA) is 33.1 Å². The van der Waals surface area contributed by atoms with E-state index < -0.39 is 0 Å². The molecule has 138 valence electrons. The highest BCUT2D eigenvalue weighted by atomic mass is 32.1. The monoisotopic (exact) mass is 380 g/mol. The molecule has 3 heterocycles. The number of aromatic nitrogens is 2. The van der Waals surface area contributed by atoms with Crippen molar-refractivity contribution in [1.29, 1.82) is 0 Å². The van der Waals surface area contributed by atoms with E-state index in [1.807, 2.05) is 47.2 Å². The molecule has 0 unspecified atom stereocenters. The van der Waals surface area contributed by atoms with Gasteiger partial charge in [0.25, 0.3) is 0 Å². The number of hydrogen-bond acceptors (Lipinski definition) is 2. The third-order valence-corrected chi connectivity index (χ3v) is 5.22. The lowest BCUT2D eigenvalue weighted by Gasteiger charge is -2.31. The number of nitrogens with one attached hydrogen (secondary N) is 1. The van der Waals surface area contributed by atoms with Crippen molar-refractivity contribution in [2.45, 2.75) is 32.0 Å². The summed E-state index contributed by atoms with van der Waals surface area (Å²) < 4.78 is 16.4. The summed E-state index contributed by atoms with van der Waals surface area (Å²) in [6.45, 7) is 4.22. The molecular formula is C21H21FN4S. The Balaban J connectivity index is 1.86. The molecule has 1 saturated heterocycles. The van der Waals surface area contributed by atoms with Crippen molar-refractivity contribution in [3.05, 3.63) is 84.2 Å². The quantitative estimate of drug-likeness (QED) is 0.681. The van der Waals surface area contributed by atoms with E-state index in [9.17, 15) is 4.39 Å². The van der Waals surface area contributed by atoms with Gasteiger partial charge in [0, 0.05) is 24.1 Å². The molecule has 2 atom stereocenters. The number of hydrogen-bond donors (Lipinski definition) is 1. The maximum absolute atomic E-state index is 14.5. The van der Waals surface area contributed by atoms with Crippen LogP contribution in [0.4, 0.5) is 4.39 Å². The lowest BCUT2D eigenvalue weighted by molar-refractivity contribution is 0.262. The number of benzene rings is 1. The van der Waals surface area contributed by atoms with Crippen molar-refractivity contribution in [2.75, 3.05) is 0 Å². The van der Waals surface area contributed by atoms with Crippen LogP contribution in [0.2, 0.25) is 0 Å². The summed E-state index contributed by atoms with van der Waals surface area (Å²) in [5.41, 5.74) is 2.41. The van der Waals surface area contributed by atoms with Gasteiger partial charge in [0.1, 0.15) is 5.82 Å². The van der Waals surface area contributed by atoms with Crippen LogP contribution in [-0.2, 0) is 0 Å². The van der Waals surface area contributed by atoms with Crippen molar-refractivity contribution in [1.82, 2.24) is 19.8 Å². The second-order valence-corrected chi connectivity index (χ2v) is 7.27. The number of rotatable bonds is 4. The molecule has 0 saturated carbocycles. The van der Waals surface area contributed by atoms with Crippen molar-refractivity contribution >= 4 is 17.3 Å². The van der Waals surface area contributed by atoms with Crippen molar-refractivity contribution in [2.24, 2.45) is 0 Å². The van der Waals surface area contributed by atoms with E-state index >= 15 is 0 Å². The number of pyridine rings is 1. The van der Waals surface area contributed by atoms with Crippen molar-refractivity contribution in [3.8, 4) is 5.69 Å². The van der Waals surface area contributed by atoms with Crippen molar-refractivity contribution < 1.29 is 4.39 Å². The van der Waals surface area contributed by atoms with E-state index in [4.69, 9.17) is 12.2 Å². The molecule has 2 aromatic heterocycles. The second kappa shape index (κ2) is 7.12. The minimum atomic E-state index is -0.256. The van der Waals surface area contributed by atoms with Gasteiger partial charge in [0.2, 0.25) is 0 Å². The highest BCUT2D eigenvalue weighted by Crippen LogP contribution is 2.40. The van der Waals surface area contributed by atoms with E-state index in [2.05, 4.69) is 29.0 Å². The molecule has 1 aromatic carbocycles. The summed E-state index contributed by atoms with van der Waals surface area (Å²) in [6.07, 6.45) is 3.67. The maximum atomic E-state index is 14.5. The number of para-hydroxylation sites is 1. The van der Waals surface area contributed by atoms with Gasteiger partial charge < -0.3 is 14.8 Å². The molecule has 4 rings (SSSR count). The Bertz CT molecular complexity index is 954. The summed E-state index contributed by atoms with van der Waals surface area (Å²) in [7, 11) is 0. The fourth-order valence-electron chi connectivity index (χ4n) is 3.74. The third kappa shape index (κ3) is 3.10. The second-order valence-electron chi connectivity index (χ2n) is 6.88. The predicted molar refractivity (Wildman–Crippen MR) is 108 cm³/mol. The van der Waals surface area contributed by atoms with Gasteiger partial charge in [-0.2, -0.15) is 0 Å². The molecule has 4 nitrogen and oxygen atoms in total. The first kappa shape index (κ1) is 17.7. The third-order valence-electron chi connectivity index (χ3n) is 4.89. The van der Waals surface area contributed by atoms with E-state index in [1.165, 1.54) is 6.07 Å². The summed E-state index contributed by atoms with van der Waals surface area (Å²) in [5.74, 6) is -0.256. The summed E-state index contributed by atoms with van der Waals surface area (Å²) in [4.78, 5) is 6.70. The zero-order valence-corrected chi connectivity index (χ0v) is 16.0. The normalized spacial score (nSPS) is 19.6. The molecule has 1 fully saturated rings. The van der Waals surface area contributed by atoms with E-state index in [-0.39, 0.29) is 23.9 Å². The van der Waals surface area contributed by atoms with Gasteiger partial charge >= 0.3 is 0 Å². The molecule has 1 aliphatic heterocycles. The Kier molecular flexibility index (Phi) is 4.66. The van der Waals surface area contributed by atoms with Crippen LogP contribution in [-0.4, -0.2) is 25.6 Å². The van der Waals surface area contributed by atoms with Gasteiger partial charge in [0.15, 0.2) is 5.11 Å². The average Bonchev–Trinajstić information content (AvgIpc) is 3.26. The van der Waals surface area contributed by atoms with Crippen LogP contribution < -0.4 is 5.32 Å². The van der Waals surface area contributed by atoms with E-state index in [0.29, 0.717) is 10.8 Å². The fraction of sp³-hybridized carbons (Fsp3) is 0.238. The molecule has 3 aromatic rings. The number of nitrogens with zero attached hydrogens (tertiary/aromatic N) is 3. The first-order valence-electron chi connectivity index (χ1n) is 9.00. The molecule has 6 heteroatoms. The summed E-state index contributed by atoms with van der Waals surface area (Å²) in [5, 5.41) is 4.11. The Morgan fingerprint density at radius 3 is 2.56 bits per heavy atom. The van der Waals surface area contributed by atoms with Crippen LogP contribution in [0.5, 0.6) is 0 Å². The Morgan fingerprint density at radius 1 is 1.07 bits per heavy atom. The van der Waals surface area contributed by atoms with Crippen molar-refractivity contribution in [3.63, 3.8) is 0 Å². The minimum Gasteiger partial charge on any atom is -0.352 e. The van der Waals surface area contributed by atoms with Gasteiger partial charge in [-0.3, -0.25) is 4.98 Å². The molecule has 0 bridgehead atoms. The zero-order valence-electron chi connectivity index (χ0n) is 15.2. The highest BCUT2D eigenvalue weighted by molar-refractivity contribution is 7.80. The average molecular weight is 380 g/mol. The molecule has 1 aliphatic rings. The summed E-state index contributed by atoms with van der Waals surface area (Å²) >= 11 is 5.63. The van der Waals surface area contributed by atoms with Gasteiger partial charge in [-0.15, -0.1) is 0 Å². The van der Waals surface area contributed by atoms with Crippen LogP contribution in [0.25, 0.3) is 5.69 Å². The smallest absolute Gasteiger partial charge is 0.170 e. The Hall–Kier alpha value is -2.73. The first-order chi connectivity index (χ1) is 13.1. The molecule has 0 spiro atoms. The van der Waals surface area contributed by atoms with Gasteiger partial charge in [-0.05, 0) is 62.5 Å². The molecule has 0 radical (unpaired) electrons. The Morgan fingerprint density at radius 2 is 1.85 bits per heavy atom. The number of halogens is 1. The lowest BCUT2D eigenvalue weighted by Crippen LogP contribution is -2.36. The minimum absolute atomic E-state index is 0.0954.